The van der Waals surface area contributed by atoms with E-state index in [9.17, 15) is 17.6 Å². The second-order valence-corrected chi connectivity index (χ2v) is 9.15. The van der Waals surface area contributed by atoms with Gasteiger partial charge in [-0.05, 0) is 36.4 Å². The number of rotatable bonds is 6. The minimum absolute atomic E-state index is 0.0234. The van der Waals surface area contributed by atoms with Gasteiger partial charge in [-0.25, -0.2) is 12.8 Å². The average Bonchev–Trinajstić information content (AvgIpc) is 3.36. The molecule has 3 aromatic heterocycles. The number of pyridine rings is 2. The maximum atomic E-state index is 13.7. The molecular formula is C24H17FN4O5S. The van der Waals surface area contributed by atoms with Gasteiger partial charge in [0.1, 0.15) is 23.5 Å². The number of sulfonamides is 1. The van der Waals surface area contributed by atoms with Gasteiger partial charge in [-0.15, -0.1) is 0 Å². The Morgan fingerprint density at radius 3 is 2.66 bits per heavy atom. The van der Waals surface area contributed by atoms with E-state index >= 15 is 0 Å². The topological polar surface area (TPSA) is 116 Å². The number of hydrogen-bond donors (Lipinski definition) is 1. The Morgan fingerprint density at radius 1 is 1.06 bits per heavy atom. The van der Waals surface area contributed by atoms with Crippen LogP contribution in [0, 0.1) is 5.82 Å². The summed E-state index contributed by atoms with van der Waals surface area (Å²) in [4.78, 5) is 17.2. The van der Waals surface area contributed by atoms with E-state index < -0.39 is 15.8 Å². The van der Waals surface area contributed by atoms with Crippen LogP contribution < -0.4 is 15.0 Å². The number of nitrogens with one attached hydrogen (secondary N) is 1. The highest BCUT2D eigenvalue weighted by molar-refractivity contribution is 7.92. The first kappa shape index (κ1) is 22.3. The van der Waals surface area contributed by atoms with E-state index in [0.717, 1.165) is 0 Å². The molecule has 0 radical (unpaired) electrons. The maximum absolute atomic E-state index is 13.7. The summed E-state index contributed by atoms with van der Waals surface area (Å²) in [7, 11) is -2.49. The van der Waals surface area contributed by atoms with Crippen LogP contribution >= 0.6 is 0 Å². The van der Waals surface area contributed by atoms with Gasteiger partial charge >= 0.3 is 0 Å². The molecule has 0 spiro atoms. The Morgan fingerprint density at radius 2 is 1.91 bits per heavy atom. The van der Waals surface area contributed by atoms with Crippen molar-refractivity contribution < 1.29 is 22.1 Å². The van der Waals surface area contributed by atoms with Crippen LogP contribution in [-0.4, -0.2) is 30.2 Å². The minimum Gasteiger partial charge on any atom is -0.494 e. The van der Waals surface area contributed by atoms with Crippen LogP contribution in [0.5, 0.6) is 5.75 Å². The summed E-state index contributed by atoms with van der Waals surface area (Å²) < 4.78 is 53.0. The lowest BCUT2D eigenvalue weighted by molar-refractivity contribution is 0.412. The highest BCUT2D eigenvalue weighted by atomic mass is 32.2. The third-order valence-corrected chi connectivity index (χ3v) is 6.63. The van der Waals surface area contributed by atoms with Crippen molar-refractivity contribution in [3.63, 3.8) is 0 Å². The molecule has 1 N–H and O–H groups in total. The lowest BCUT2D eigenvalue weighted by Gasteiger charge is -2.15. The van der Waals surface area contributed by atoms with Gasteiger partial charge in [0.2, 0.25) is 0 Å². The molecule has 0 amide bonds. The number of nitrogens with zero attached hydrogens (tertiary/aromatic N) is 3. The zero-order chi connectivity index (χ0) is 24.6. The molecule has 0 aliphatic carbocycles. The van der Waals surface area contributed by atoms with Gasteiger partial charge in [-0.2, -0.15) is 0 Å². The number of benzene rings is 2. The van der Waals surface area contributed by atoms with Gasteiger partial charge in [0.05, 0.1) is 29.4 Å². The average molecular weight is 492 g/mol. The summed E-state index contributed by atoms with van der Waals surface area (Å²) in [6.07, 6.45) is 2.70. The zero-order valence-electron chi connectivity index (χ0n) is 18.2. The largest absolute Gasteiger partial charge is 0.494 e. The fraction of sp³-hybridized carbons (Fsp3) is 0.0417. The van der Waals surface area contributed by atoms with Crippen molar-refractivity contribution in [3.8, 4) is 22.7 Å². The summed E-state index contributed by atoms with van der Waals surface area (Å²) in [5.74, 6) is -0.0241. The van der Waals surface area contributed by atoms with Crippen LogP contribution in [0.2, 0.25) is 0 Å². The standard InChI is InChI=1S/C24H17FN4O5S/c1-33-22-13-19(15-3-2-4-17(25)11-15)26-14-21(22)29-20-7-6-18(12-16(20)5-8-24(29)30)35(31,32)28-23-9-10-34-27-23/h2-14H,1H3,(H,27,28). The van der Waals surface area contributed by atoms with E-state index in [-0.39, 0.29) is 16.3 Å². The van der Waals surface area contributed by atoms with Crippen LogP contribution in [0.25, 0.3) is 27.8 Å². The number of fused-ring (bicyclic) bond motifs is 1. The van der Waals surface area contributed by atoms with E-state index in [2.05, 4.69) is 19.4 Å². The van der Waals surface area contributed by atoms with E-state index in [1.165, 1.54) is 72.7 Å². The highest BCUT2D eigenvalue weighted by Gasteiger charge is 2.18. The molecule has 176 valence electrons. The fourth-order valence-corrected chi connectivity index (χ4v) is 4.70. The summed E-state index contributed by atoms with van der Waals surface area (Å²) in [6, 6.07) is 16.1. The number of methoxy groups -OCH3 is 1. The minimum atomic E-state index is -3.94. The van der Waals surface area contributed by atoms with Crippen molar-refractivity contribution >= 4 is 26.7 Å². The molecule has 0 fully saturated rings. The summed E-state index contributed by atoms with van der Waals surface area (Å²) >= 11 is 0. The Balaban J connectivity index is 1.61. The molecule has 5 aromatic rings. The quantitative estimate of drug-likeness (QED) is 0.381. The molecule has 9 nitrogen and oxygen atoms in total. The second kappa shape index (κ2) is 8.69. The van der Waals surface area contributed by atoms with Crippen LogP contribution in [0.1, 0.15) is 0 Å². The molecule has 2 aromatic carbocycles. The lowest BCUT2D eigenvalue weighted by atomic mass is 10.1. The molecule has 0 aliphatic heterocycles. The van der Waals surface area contributed by atoms with E-state index in [1.807, 2.05) is 0 Å². The summed E-state index contributed by atoms with van der Waals surface area (Å²) in [5, 5.41) is 4.04. The maximum Gasteiger partial charge on any atom is 0.263 e. The Kier molecular flexibility index (Phi) is 5.53. The first-order chi connectivity index (χ1) is 16.9. The monoisotopic (exact) mass is 492 g/mol. The predicted molar refractivity (Wildman–Crippen MR) is 127 cm³/mol. The van der Waals surface area contributed by atoms with E-state index in [4.69, 9.17) is 4.74 Å². The van der Waals surface area contributed by atoms with Crippen LogP contribution in [0.4, 0.5) is 10.2 Å². The number of aromatic nitrogens is 3. The third-order valence-electron chi connectivity index (χ3n) is 5.28. The van der Waals surface area contributed by atoms with Crippen molar-refractivity contribution in [2.75, 3.05) is 11.8 Å². The van der Waals surface area contributed by atoms with Gasteiger partial charge in [0.25, 0.3) is 15.6 Å². The van der Waals surface area contributed by atoms with Crippen LogP contribution in [0.15, 0.2) is 93.4 Å². The van der Waals surface area contributed by atoms with Crippen molar-refractivity contribution in [3.05, 3.63) is 95.4 Å². The van der Waals surface area contributed by atoms with Crippen molar-refractivity contribution in [1.29, 1.82) is 0 Å². The first-order valence-electron chi connectivity index (χ1n) is 10.2. The molecule has 35 heavy (non-hydrogen) atoms. The molecule has 11 heteroatoms. The normalized spacial score (nSPS) is 11.5. The fourth-order valence-electron chi connectivity index (χ4n) is 3.67. The summed E-state index contributed by atoms with van der Waals surface area (Å²) in [5.41, 5.74) is 1.43. The van der Waals surface area contributed by atoms with E-state index in [0.29, 0.717) is 33.6 Å². The van der Waals surface area contributed by atoms with Crippen LogP contribution in [0.3, 0.4) is 0 Å². The molecule has 0 unspecified atom stereocenters. The molecule has 0 saturated carbocycles. The Bertz CT molecular complexity index is 1720. The third kappa shape index (κ3) is 4.24. The molecule has 5 rings (SSSR count). The molecular weight excluding hydrogens is 475 g/mol. The van der Waals surface area contributed by atoms with Crippen molar-refractivity contribution in [2.45, 2.75) is 4.90 Å². The van der Waals surface area contributed by atoms with Crippen molar-refractivity contribution in [2.24, 2.45) is 0 Å². The van der Waals surface area contributed by atoms with Crippen LogP contribution in [-0.2, 0) is 10.0 Å². The number of ether oxygens (including phenoxy) is 1. The second-order valence-electron chi connectivity index (χ2n) is 7.47. The van der Waals surface area contributed by atoms with Gasteiger partial charge in [0, 0.05) is 29.1 Å². The van der Waals surface area contributed by atoms with Gasteiger partial charge in [-0.1, -0.05) is 17.3 Å². The highest BCUT2D eigenvalue weighted by Crippen LogP contribution is 2.30. The molecule has 0 saturated heterocycles. The van der Waals surface area contributed by atoms with Crippen molar-refractivity contribution in [1.82, 2.24) is 14.7 Å². The first-order valence-corrected chi connectivity index (χ1v) is 11.7. The molecule has 0 atom stereocenters. The summed E-state index contributed by atoms with van der Waals surface area (Å²) in [6.45, 7) is 0. The number of halogens is 1. The number of hydrogen-bond acceptors (Lipinski definition) is 7. The predicted octanol–water partition coefficient (Wildman–Crippen LogP) is 3.99. The van der Waals surface area contributed by atoms with Gasteiger partial charge < -0.3 is 9.26 Å². The SMILES string of the molecule is COc1cc(-c2cccc(F)c2)ncc1-n1c(=O)ccc2cc(S(=O)(=O)Nc3ccon3)ccc21. The van der Waals surface area contributed by atoms with E-state index in [1.54, 1.807) is 18.2 Å². The molecule has 0 bridgehead atoms. The van der Waals surface area contributed by atoms with Gasteiger partial charge in [-0.3, -0.25) is 19.1 Å². The lowest BCUT2D eigenvalue weighted by Crippen LogP contribution is -2.19. The molecule has 3 heterocycles. The molecule has 0 aliphatic rings. The zero-order valence-corrected chi connectivity index (χ0v) is 19.0. The smallest absolute Gasteiger partial charge is 0.263 e. The Labute approximate surface area is 198 Å². The number of anilines is 1. The Hall–Kier alpha value is -4.51. The van der Waals surface area contributed by atoms with Gasteiger partial charge in [0.15, 0.2) is 5.82 Å².